The summed E-state index contributed by atoms with van der Waals surface area (Å²) in [4.78, 5) is 0. The maximum absolute atomic E-state index is 3.74. The van der Waals surface area contributed by atoms with Crippen LogP contribution in [-0.4, -0.2) is 5.54 Å². The van der Waals surface area contributed by atoms with Crippen molar-refractivity contribution >= 4 is 0 Å². The lowest BCUT2D eigenvalue weighted by Gasteiger charge is -2.26. The first-order valence-electron chi connectivity index (χ1n) is 6.40. The van der Waals surface area contributed by atoms with Crippen molar-refractivity contribution in [3.63, 3.8) is 0 Å². The van der Waals surface area contributed by atoms with Gasteiger partial charge < -0.3 is 5.32 Å². The molecule has 0 atom stereocenters. The number of hydrogen-bond donors (Lipinski definition) is 1. The number of hydrogen-bond acceptors (Lipinski definition) is 1. The van der Waals surface area contributed by atoms with Crippen molar-refractivity contribution in [3.8, 4) is 0 Å². The van der Waals surface area contributed by atoms with Crippen LogP contribution in [0.2, 0.25) is 0 Å². The molecule has 1 aromatic rings. The van der Waals surface area contributed by atoms with Gasteiger partial charge in [0, 0.05) is 12.1 Å². The summed E-state index contributed by atoms with van der Waals surface area (Å²) in [5, 5.41) is 3.74. The molecule has 0 amide bonds. The lowest BCUT2D eigenvalue weighted by molar-refractivity contribution is 0.362. The van der Waals surface area contributed by atoms with E-state index in [1.54, 1.807) is 0 Å². The second-order valence-corrected chi connectivity index (χ2v) is 5.55. The van der Waals surface area contributed by atoms with Gasteiger partial charge in [0.25, 0.3) is 0 Å². The molecule has 0 aromatic heterocycles. The lowest BCUT2D eigenvalue weighted by atomic mass is 9.99. The Morgan fingerprint density at radius 3 is 2.56 bits per heavy atom. The van der Waals surface area contributed by atoms with E-state index in [4.69, 9.17) is 0 Å². The first-order chi connectivity index (χ1) is 7.59. The van der Waals surface area contributed by atoms with Gasteiger partial charge in [-0.15, -0.1) is 0 Å². The molecule has 0 heterocycles. The predicted molar refractivity (Wildman–Crippen MR) is 69.6 cm³/mol. The molecule has 1 aliphatic carbocycles. The highest BCUT2D eigenvalue weighted by molar-refractivity contribution is 5.30. The summed E-state index contributed by atoms with van der Waals surface area (Å²) >= 11 is 0. The summed E-state index contributed by atoms with van der Waals surface area (Å²) in [7, 11) is 0. The van der Waals surface area contributed by atoms with E-state index in [0.29, 0.717) is 5.54 Å². The second-order valence-electron chi connectivity index (χ2n) is 5.55. The molecule has 1 aliphatic rings. The third kappa shape index (κ3) is 2.65. The van der Waals surface area contributed by atoms with E-state index in [2.05, 4.69) is 44.3 Å². The van der Waals surface area contributed by atoms with Crippen LogP contribution >= 0.6 is 0 Å². The normalized spacial score (nSPS) is 18.9. The molecule has 0 saturated heterocycles. The number of nitrogens with one attached hydrogen (secondary N) is 1. The largest absolute Gasteiger partial charge is 0.307 e. The third-order valence-corrected chi connectivity index (χ3v) is 3.92. The van der Waals surface area contributed by atoms with E-state index in [-0.39, 0.29) is 0 Å². The summed E-state index contributed by atoms with van der Waals surface area (Å²) in [6, 6.07) is 6.72. The molecule has 1 saturated carbocycles. The van der Waals surface area contributed by atoms with Crippen LogP contribution in [0.4, 0.5) is 0 Å². The Bertz CT molecular complexity index is 362. The monoisotopic (exact) mass is 217 g/mol. The van der Waals surface area contributed by atoms with Crippen molar-refractivity contribution < 1.29 is 0 Å². The molecule has 16 heavy (non-hydrogen) atoms. The zero-order valence-corrected chi connectivity index (χ0v) is 10.8. The zero-order valence-electron chi connectivity index (χ0n) is 10.8. The highest BCUT2D eigenvalue weighted by Gasteiger charge is 2.27. The third-order valence-electron chi connectivity index (χ3n) is 3.92. The van der Waals surface area contributed by atoms with Crippen molar-refractivity contribution in [2.75, 3.05) is 0 Å². The molecule has 0 bridgehead atoms. The van der Waals surface area contributed by atoms with E-state index < -0.39 is 0 Å². The molecule has 0 radical (unpaired) electrons. The minimum absolute atomic E-state index is 0.385. The van der Waals surface area contributed by atoms with E-state index in [1.807, 2.05) is 0 Å². The summed E-state index contributed by atoms with van der Waals surface area (Å²) in [6.07, 6.45) is 5.43. The van der Waals surface area contributed by atoms with Gasteiger partial charge in [0.15, 0.2) is 0 Å². The van der Waals surface area contributed by atoms with E-state index in [0.717, 1.165) is 6.54 Å². The number of aryl methyl sites for hydroxylation is 2. The Balaban J connectivity index is 2.01. The average Bonchev–Trinajstić information content (AvgIpc) is 2.67. The molecule has 0 aliphatic heterocycles. The SMILES string of the molecule is Cc1ccc(C)c(CNC2(C)CCCC2)c1. The second kappa shape index (κ2) is 4.58. The maximum Gasteiger partial charge on any atom is 0.0213 e. The van der Waals surface area contributed by atoms with Gasteiger partial charge in [-0.05, 0) is 44.7 Å². The van der Waals surface area contributed by atoms with Crippen LogP contribution in [0.5, 0.6) is 0 Å². The van der Waals surface area contributed by atoms with E-state index in [9.17, 15) is 0 Å². The Hall–Kier alpha value is -0.820. The van der Waals surface area contributed by atoms with Crippen molar-refractivity contribution in [1.29, 1.82) is 0 Å². The van der Waals surface area contributed by atoms with Crippen molar-refractivity contribution in [2.24, 2.45) is 0 Å². The van der Waals surface area contributed by atoms with Gasteiger partial charge in [-0.25, -0.2) is 0 Å². The lowest BCUT2D eigenvalue weighted by Crippen LogP contribution is -2.38. The molecule has 1 aromatic carbocycles. The van der Waals surface area contributed by atoms with Gasteiger partial charge in [-0.1, -0.05) is 36.6 Å². The summed E-state index contributed by atoms with van der Waals surface area (Å²) in [5.41, 5.74) is 4.60. The molecule has 1 nitrogen and oxygen atoms in total. The first kappa shape index (κ1) is 11.7. The molecule has 0 spiro atoms. The highest BCUT2D eigenvalue weighted by atomic mass is 15.0. The molecular weight excluding hydrogens is 194 g/mol. The van der Waals surface area contributed by atoms with Gasteiger partial charge in [0.05, 0.1) is 0 Å². The fourth-order valence-corrected chi connectivity index (χ4v) is 2.63. The van der Waals surface area contributed by atoms with Crippen LogP contribution in [0.15, 0.2) is 18.2 Å². The summed E-state index contributed by atoms with van der Waals surface area (Å²) < 4.78 is 0. The molecule has 1 N–H and O–H groups in total. The molecule has 1 fully saturated rings. The molecule has 1 heteroatoms. The maximum atomic E-state index is 3.74. The standard InChI is InChI=1S/C15H23N/c1-12-6-7-13(2)14(10-12)11-16-15(3)8-4-5-9-15/h6-7,10,16H,4-5,8-9,11H2,1-3H3. The molecule has 2 rings (SSSR count). The topological polar surface area (TPSA) is 12.0 Å². The van der Waals surface area contributed by atoms with E-state index >= 15 is 0 Å². The minimum Gasteiger partial charge on any atom is -0.307 e. The quantitative estimate of drug-likeness (QED) is 0.813. The predicted octanol–water partition coefficient (Wildman–Crippen LogP) is 3.73. The van der Waals surface area contributed by atoms with Crippen molar-refractivity contribution in [3.05, 3.63) is 34.9 Å². The minimum atomic E-state index is 0.385. The van der Waals surface area contributed by atoms with Gasteiger partial charge in [-0.2, -0.15) is 0 Å². The zero-order chi connectivity index (χ0) is 11.6. The van der Waals surface area contributed by atoms with Crippen molar-refractivity contribution in [1.82, 2.24) is 5.32 Å². The first-order valence-corrected chi connectivity index (χ1v) is 6.40. The van der Waals surface area contributed by atoms with Gasteiger partial charge in [-0.3, -0.25) is 0 Å². The van der Waals surface area contributed by atoms with Crippen molar-refractivity contribution in [2.45, 2.75) is 58.5 Å². The van der Waals surface area contributed by atoms with Crippen LogP contribution in [0.1, 0.15) is 49.3 Å². The van der Waals surface area contributed by atoms with Gasteiger partial charge in [0.1, 0.15) is 0 Å². The Morgan fingerprint density at radius 2 is 1.88 bits per heavy atom. The Kier molecular flexibility index (Phi) is 3.34. The molecule has 88 valence electrons. The Labute approximate surface area is 99.3 Å². The van der Waals surface area contributed by atoms with Gasteiger partial charge in [0.2, 0.25) is 0 Å². The van der Waals surface area contributed by atoms with Crippen LogP contribution in [0.3, 0.4) is 0 Å². The summed E-state index contributed by atoms with van der Waals surface area (Å²) in [5.74, 6) is 0. The molecule has 0 unspecified atom stereocenters. The van der Waals surface area contributed by atoms with Crippen LogP contribution in [-0.2, 0) is 6.54 Å². The number of rotatable bonds is 3. The fourth-order valence-electron chi connectivity index (χ4n) is 2.63. The summed E-state index contributed by atoms with van der Waals surface area (Å²) in [6.45, 7) is 7.75. The fraction of sp³-hybridized carbons (Fsp3) is 0.600. The molecular formula is C15H23N. The Morgan fingerprint density at radius 1 is 1.19 bits per heavy atom. The van der Waals surface area contributed by atoms with Crippen LogP contribution in [0, 0.1) is 13.8 Å². The highest BCUT2D eigenvalue weighted by Crippen LogP contribution is 2.29. The smallest absolute Gasteiger partial charge is 0.0213 e. The van der Waals surface area contributed by atoms with E-state index in [1.165, 1.54) is 42.4 Å². The van der Waals surface area contributed by atoms with Gasteiger partial charge >= 0.3 is 0 Å². The average molecular weight is 217 g/mol. The van der Waals surface area contributed by atoms with Crippen LogP contribution < -0.4 is 5.32 Å². The number of benzene rings is 1. The van der Waals surface area contributed by atoms with Crippen LogP contribution in [0.25, 0.3) is 0 Å².